The van der Waals surface area contributed by atoms with E-state index in [-0.39, 0.29) is 5.56 Å². The molecule has 6 heteroatoms. The summed E-state index contributed by atoms with van der Waals surface area (Å²) in [6, 6.07) is 8.40. The number of carbonyl (C=O) groups is 1. The Bertz CT molecular complexity index is 722. The second-order valence-electron chi connectivity index (χ2n) is 4.51. The molecule has 0 radical (unpaired) electrons. The first-order chi connectivity index (χ1) is 10.1. The molecule has 1 heterocycles. The first-order valence-corrected chi connectivity index (χ1v) is 6.56. The predicted molar refractivity (Wildman–Crippen MR) is 77.7 cm³/mol. The molecule has 1 aromatic carbocycles. The monoisotopic (exact) mass is 288 g/mol. The standard InChI is InChI=1S/C15H16N2O4/c1-3-7-17-14(18)12(15(19)20)9-13(16-17)10-5-4-6-11(8-10)21-2/h4-6,8-9H,3,7H2,1-2H3,(H,19,20). The van der Waals surface area contributed by atoms with E-state index in [0.717, 1.165) is 0 Å². The molecule has 0 aliphatic heterocycles. The van der Waals surface area contributed by atoms with E-state index < -0.39 is 11.5 Å². The van der Waals surface area contributed by atoms with Crippen LogP contribution in [0.1, 0.15) is 23.7 Å². The highest BCUT2D eigenvalue weighted by molar-refractivity contribution is 5.88. The minimum atomic E-state index is -1.25. The van der Waals surface area contributed by atoms with Gasteiger partial charge in [0, 0.05) is 12.1 Å². The third-order valence-corrected chi connectivity index (χ3v) is 3.01. The number of aromatic nitrogens is 2. The van der Waals surface area contributed by atoms with Crippen molar-refractivity contribution < 1.29 is 14.6 Å². The molecule has 1 N–H and O–H groups in total. The summed E-state index contributed by atoms with van der Waals surface area (Å²) in [5, 5.41) is 13.4. The van der Waals surface area contributed by atoms with Gasteiger partial charge in [0.05, 0.1) is 12.8 Å². The third-order valence-electron chi connectivity index (χ3n) is 3.01. The van der Waals surface area contributed by atoms with Gasteiger partial charge in [0.1, 0.15) is 11.3 Å². The van der Waals surface area contributed by atoms with Crippen molar-refractivity contribution in [1.82, 2.24) is 9.78 Å². The first kappa shape index (κ1) is 14.8. The fourth-order valence-electron chi connectivity index (χ4n) is 1.98. The van der Waals surface area contributed by atoms with Crippen molar-refractivity contribution in [3.05, 3.63) is 46.2 Å². The van der Waals surface area contributed by atoms with Gasteiger partial charge >= 0.3 is 5.97 Å². The molecule has 2 rings (SSSR count). The Morgan fingerprint density at radius 1 is 1.38 bits per heavy atom. The number of benzene rings is 1. The normalized spacial score (nSPS) is 10.4. The molecule has 1 aromatic heterocycles. The highest BCUT2D eigenvalue weighted by Gasteiger charge is 2.15. The van der Waals surface area contributed by atoms with Crippen molar-refractivity contribution in [2.75, 3.05) is 7.11 Å². The smallest absolute Gasteiger partial charge is 0.341 e. The Morgan fingerprint density at radius 2 is 2.14 bits per heavy atom. The number of aryl methyl sites for hydroxylation is 1. The lowest BCUT2D eigenvalue weighted by molar-refractivity contribution is 0.0693. The lowest BCUT2D eigenvalue weighted by Crippen LogP contribution is -2.28. The van der Waals surface area contributed by atoms with E-state index in [4.69, 9.17) is 9.84 Å². The third kappa shape index (κ3) is 3.10. The number of carboxylic acids is 1. The summed E-state index contributed by atoms with van der Waals surface area (Å²) in [6.45, 7) is 2.27. The zero-order valence-corrected chi connectivity index (χ0v) is 11.9. The second-order valence-corrected chi connectivity index (χ2v) is 4.51. The molecule has 0 unspecified atom stereocenters. The van der Waals surface area contributed by atoms with Crippen molar-refractivity contribution in [3.8, 4) is 17.0 Å². The number of methoxy groups -OCH3 is 1. The van der Waals surface area contributed by atoms with Crippen LogP contribution in [-0.4, -0.2) is 28.0 Å². The van der Waals surface area contributed by atoms with E-state index in [2.05, 4.69) is 5.10 Å². The van der Waals surface area contributed by atoms with Gasteiger partial charge in [-0.05, 0) is 24.6 Å². The zero-order chi connectivity index (χ0) is 15.4. The Morgan fingerprint density at radius 3 is 2.76 bits per heavy atom. The van der Waals surface area contributed by atoms with E-state index >= 15 is 0 Å². The summed E-state index contributed by atoms with van der Waals surface area (Å²) in [6.07, 6.45) is 0.688. The Hall–Kier alpha value is -2.63. The van der Waals surface area contributed by atoms with E-state index in [9.17, 15) is 9.59 Å². The van der Waals surface area contributed by atoms with Crippen LogP contribution in [0.25, 0.3) is 11.3 Å². The van der Waals surface area contributed by atoms with Gasteiger partial charge in [0.2, 0.25) is 0 Å². The molecule has 0 fully saturated rings. The van der Waals surface area contributed by atoms with E-state index in [0.29, 0.717) is 30.0 Å². The molecule has 6 nitrogen and oxygen atoms in total. The number of ether oxygens (including phenoxy) is 1. The summed E-state index contributed by atoms with van der Waals surface area (Å²) in [4.78, 5) is 23.2. The Kier molecular flexibility index (Phi) is 4.37. The maximum Gasteiger partial charge on any atom is 0.341 e. The highest BCUT2D eigenvalue weighted by Crippen LogP contribution is 2.22. The molecule has 0 spiro atoms. The number of rotatable bonds is 5. The summed E-state index contributed by atoms with van der Waals surface area (Å²) in [5.74, 6) is -0.615. The molecule has 0 saturated carbocycles. The Balaban J connectivity index is 2.62. The first-order valence-electron chi connectivity index (χ1n) is 6.56. The fourth-order valence-corrected chi connectivity index (χ4v) is 1.98. The van der Waals surface area contributed by atoms with Crippen LogP contribution in [-0.2, 0) is 6.54 Å². The largest absolute Gasteiger partial charge is 0.497 e. The van der Waals surface area contributed by atoms with Gasteiger partial charge in [-0.25, -0.2) is 9.48 Å². The predicted octanol–water partition coefficient (Wildman–Crippen LogP) is 2.03. The molecule has 2 aromatic rings. The molecular weight excluding hydrogens is 272 g/mol. The van der Waals surface area contributed by atoms with Crippen LogP contribution in [0, 0.1) is 0 Å². The van der Waals surface area contributed by atoms with Crippen molar-refractivity contribution in [2.24, 2.45) is 0 Å². The number of hydrogen-bond acceptors (Lipinski definition) is 4. The van der Waals surface area contributed by atoms with Gasteiger partial charge < -0.3 is 9.84 Å². The molecule has 0 aliphatic rings. The van der Waals surface area contributed by atoms with Gasteiger partial charge in [-0.1, -0.05) is 19.1 Å². The lowest BCUT2D eigenvalue weighted by Gasteiger charge is -2.09. The molecule has 110 valence electrons. The molecule has 0 atom stereocenters. The molecule has 21 heavy (non-hydrogen) atoms. The number of nitrogens with zero attached hydrogens (tertiary/aromatic N) is 2. The van der Waals surface area contributed by atoms with Gasteiger partial charge in [0.25, 0.3) is 5.56 Å². The maximum absolute atomic E-state index is 12.0. The van der Waals surface area contributed by atoms with Crippen molar-refractivity contribution in [2.45, 2.75) is 19.9 Å². The lowest BCUT2D eigenvalue weighted by atomic mass is 10.1. The summed E-state index contributed by atoms with van der Waals surface area (Å²) in [5.41, 5.74) is 0.258. The highest BCUT2D eigenvalue weighted by atomic mass is 16.5. The summed E-state index contributed by atoms with van der Waals surface area (Å²) >= 11 is 0. The summed E-state index contributed by atoms with van der Waals surface area (Å²) < 4.78 is 6.34. The van der Waals surface area contributed by atoms with Crippen LogP contribution in [0.2, 0.25) is 0 Å². The van der Waals surface area contributed by atoms with Gasteiger partial charge in [-0.2, -0.15) is 5.10 Å². The van der Waals surface area contributed by atoms with Crippen LogP contribution in [0.15, 0.2) is 35.1 Å². The molecular formula is C15H16N2O4. The molecule has 0 bridgehead atoms. The average molecular weight is 288 g/mol. The van der Waals surface area contributed by atoms with Crippen LogP contribution in [0.4, 0.5) is 0 Å². The van der Waals surface area contributed by atoms with E-state index in [1.54, 1.807) is 31.4 Å². The van der Waals surface area contributed by atoms with Gasteiger partial charge in [-0.15, -0.1) is 0 Å². The average Bonchev–Trinajstić information content (AvgIpc) is 2.49. The quantitative estimate of drug-likeness (QED) is 0.910. The van der Waals surface area contributed by atoms with E-state index in [1.807, 2.05) is 6.92 Å². The van der Waals surface area contributed by atoms with Crippen LogP contribution in [0.3, 0.4) is 0 Å². The van der Waals surface area contributed by atoms with Gasteiger partial charge in [-0.3, -0.25) is 4.79 Å². The van der Waals surface area contributed by atoms with Crippen molar-refractivity contribution in [3.63, 3.8) is 0 Å². The zero-order valence-electron chi connectivity index (χ0n) is 11.9. The number of hydrogen-bond donors (Lipinski definition) is 1. The minimum Gasteiger partial charge on any atom is -0.497 e. The van der Waals surface area contributed by atoms with Gasteiger partial charge in [0.15, 0.2) is 0 Å². The topological polar surface area (TPSA) is 81.4 Å². The second kappa shape index (κ2) is 6.21. The SMILES string of the molecule is CCCn1nc(-c2cccc(OC)c2)cc(C(=O)O)c1=O. The van der Waals surface area contributed by atoms with Crippen LogP contribution < -0.4 is 10.3 Å². The maximum atomic E-state index is 12.0. The fraction of sp³-hybridized carbons (Fsp3) is 0.267. The van der Waals surface area contributed by atoms with Crippen molar-refractivity contribution in [1.29, 1.82) is 0 Å². The molecule has 0 aliphatic carbocycles. The molecule has 0 saturated heterocycles. The van der Waals surface area contributed by atoms with Crippen molar-refractivity contribution >= 4 is 5.97 Å². The van der Waals surface area contributed by atoms with E-state index in [1.165, 1.54) is 10.7 Å². The number of carboxylic acid groups (broad SMARTS) is 1. The minimum absolute atomic E-state index is 0.281. The Labute approximate surface area is 121 Å². The van der Waals surface area contributed by atoms with Crippen LogP contribution >= 0.6 is 0 Å². The van der Waals surface area contributed by atoms with Crippen LogP contribution in [0.5, 0.6) is 5.75 Å². The number of aromatic carboxylic acids is 1. The molecule has 0 amide bonds. The summed E-state index contributed by atoms with van der Waals surface area (Å²) in [7, 11) is 1.55.